The highest BCUT2D eigenvalue weighted by molar-refractivity contribution is 5.86. The van der Waals surface area contributed by atoms with E-state index < -0.39 is 0 Å². The summed E-state index contributed by atoms with van der Waals surface area (Å²) in [7, 11) is 0. The lowest BCUT2D eigenvalue weighted by Crippen LogP contribution is -2.07. The third-order valence-electron chi connectivity index (χ3n) is 1.71. The van der Waals surface area contributed by atoms with Crippen LogP contribution < -0.4 is 5.73 Å². The highest BCUT2D eigenvalue weighted by Gasteiger charge is 1.94. The van der Waals surface area contributed by atoms with Crippen molar-refractivity contribution in [2.45, 2.75) is 13.3 Å². The maximum atomic E-state index is 10.5. The molecule has 0 saturated heterocycles. The predicted octanol–water partition coefficient (Wildman–Crippen LogP) is 1.66. The minimum atomic E-state index is -0.381. The van der Waals surface area contributed by atoms with Gasteiger partial charge in [0, 0.05) is 6.08 Å². The van der Waals surface area contributed by atoms with Crippen molar-refractivity contribution in [1.29, 1.82) is 0 Å². The van der Waals surface area contributed by atoms with E-state index in [4.69, 9.17) is 5.73 Å². The lowest BCUT2D eigenvalue weighted by atomic mass is 10.1. The summed E-state index contributed by atoms with van der Waals surface area (Å²) in [4.78, 5) is 10.5. The first-order valence-corrected chi connectivity index (χ1v) is 4.19. The van der Waals surface area contributed by atoms with Gasteiger partial charge in [0.25, 0.3) is 0 Å². The van der Waals surface area contributed by atoms with Crippen LogP contribution in [-0.4, -0.2) is 5.91 Å². The Hall–Kier alpha value is -1.57. The SMILES string of the molecule is CC(=CC(N)=O)Cc1ccccc1. The summed E-state index contributed by atoms with van der Waals surface area (Å²) in [5.74, 6) is -0.381. The molecule has 0 fully saturated rings. The molecule has 0 unspecified atom stereocenters. The molecule has 0 bridgehead atoms. The molecule has 2 heteroatoms. The molecule has 1 amide bonds. The molecule has 0 atom stereocenters. The maximum absolute atomic E-state index is 10.5. The van der Waals surface area contributed by atoms with Gasteiger partial charge in [-0.3, -0.25) is 4.79 Å². The molecular formula is C11H13NO. The van der Waals surface area contributed by atoms with Crippen LogP contribution in [0.3, 0.4) is 0 Å². The molecule has 0 aliphatic carbocycles. The summed E-state index contributed by atoms with van der Waals surface area (Å²) in [6.07, 6.45) is 2.25. The topological polar surface area (TPSA) is 43.1 Å². The van der Waals surface area contributed by atoms with Crippen molar-refractivity contribution in [3.05, 3.63) is 47.5 Å². The van der Waals surface area contributed by atoms with E-state index in [9.17, 15) is 4.79 Å². The van der Waals surface area contributed by atoms with Gasteiger partial charge in [-0.1, -0.05) is 35.9 Å². The van der Waals surface area contributed by atoms with Gasteiger partial charge in [0.1, 0.15) is 0 Å². The third-order valence-corrected chi connectivity index (χ3v) is 1.71. The molecule has 1 aromatic rings. The Morgan fingerprint density at radius 3 is 2.54 bits per heavy atom. The molecule has 0 aliphatic rings. The quantitative estimate of drug-likeness (QED) is 0.697. The molecule has 2 N–H and O–H groups in total. The zero-order valence-corrected chi connectivity index (χ0v) is 7.66. The second-order valence-corrected chi connectivity index (χ2v) is 3.06. The first kappa shape index (κ1) is 9.52. The van der Waals surface area contributed by atoms with Crippen LogP contribution in [0, 0.1) is 0 Å². The minimum Gasteiger partial charge on any atom is -0.366 e. The van der Waals surface area contributed by atoms with E-state index in [1.54, 1.807) is 0 Å². The molecule has 2 nitrogen and oxygen atoms in total. The van der Waals surface area contributed by atoms with E-state index in [0.29, 0.717) is 0 Å². The summed E-state index contributed by atoms with van der Waals surface area (Å²) in [6.45, 7) is 1.90. The van der Waals surface area contributed by atoms with E-state index in [0.717, 1.165) is 12.0 Å². The van der Waals surface area contributed by atoms with Gasteiger partial charge in [-0.25, -0.2) is 0 Å². The molecule has 0 aromatic heterocycles. The van der Waals surface area contributed by atoms with Gasteiger partial charge < -0.3 is 5.73 Å². The number of primary amides is 1. The number of rotatable bonds is 3. The van der Waals surface area contributed by atoms with Gasteiger partial charge in [-0.15, -0.1) is 0 Å². The number of hydrogen-bond acceptors (Lipinski definition) is 1. The third kappa shape index (κ3) is 3.56. The second-order valence-electron chi connectivity index (χ2n) is 3.06. The monoisotopic (exact) mass is 175 g/mol. The average Bonchev–Trinajstić information content (AvgIpc) is 2.04. The Bertz CT molecular complexity index is 314. The van der Waals surface area contributed by atoms with Crippen LogP contribution in [0.4, 0.5) is 0 Å². The second kappa shape index (κ2) is 4.45. The standard InChI is InChI=1S/C11H13NO/c1-9(8-11(12)13)7-10-5-3-2-4-6-10/h2-6,8H,7H2,1H3,(H2,12,13). The molecule has 0 heterocycles. The van der Waals surface area contributed by atoms with Gasteiger partial charge in [0.2, 0.25) is 5.91 Å². The molecule has 0 aliphatic heterocycles. The van der Waals surface area contributed by atoms with Crippen LogP contribution in [0.1, 0.15) is 12.5 Å². The van der Waals surface area contributed by atoms with Crippen LogP contribution in [-0.2, 0) is 11.2 Å². The Morgan fingerprint density at radius 1 is 1.38 bits per heavy atom. The van der Waals surface area contributed by atoms with Crippen LogP contribution in [0.2, 0.25) is 0 Å². The predicted molar refractivity (Wildman–Crippen MR) is 53.1 cm³/mol. The zero-order valence-electron chi connectivity index (χ0n) is 7.66. The fraction of sp³-hybridized carbons (Fsp3) is 0.182. The molecular weight excluding hydrogens is 162 g/mol. The smallest absolute Gasteiger partial charge is 0.241 e. The summed E-state index contributed by atoms with van der Waals surface area (Å²) < 4.78 is 0. The summed E-state index contributed by atoms with van der Waals surface area (Å²) in [5.41, 5.74) is 7.21. The summed E-state index contributed by atoms with van der Waals surface area (Å²) >= 11 is 0. The number of hydrogen-bond donors (Lipinski definition) is 1. The molecule has 0 spiro atoms. The lowest BCUT2D eigenvalue weighted by molar-refractivity contribution is -0.113. The van der Waals surface area contributed by atoms with Crippen molar-refractivity contribution in [1.82, 2.24) is 0 Å². The Morgan fingerprint density at radius 2 is 2.00 bits per heavy atom. The maximum Gasteiger partial charge on any atom is 0.241 e. The largest absolute Gasteiger partial charge is 0.366 e. The molecule has 0 radical (unpaired) electrons. The van der Waals surface area contributed by atoms with Crippen molar-refractivity contribution in [3.63, 3.8) is 0 Å². The van der Waals surface area contributed by atoms with Crippen LogP contribution >= 0.6 is 0 Å². The van der Waals surface area contributed by atoms with Crippen LogP contribution in [0.5, 0.6) is 0 Å². The zero-order chi connectivity index (χ0) is 9.68. The normalized spacial score (nSPS) is 11.3. The Balaban J connectivity index is 2.65. The van der Waals surface area contributed by atoms with Crippen LogP contribution in [0.25, 0.3) is 0 Å². The Labute approximate surface area is 78.1 Å². The van der Waals surface area contributed by atoms with Crippen molar-refractivity contribution in [3.8, 4) is 0 Å². The number of nitrogens with two attached hydrogens (primary N) is 1. The Kier molecular flexibility index (Phi) is 3.26. The molecule has 1 rings (SSSR count). The van der Waals surface area contributed by atoms with E-state index in [1.807, 2.05) is 37.3 Å². The molecule has 68 valence electrons. The van der Waals surface area contributed by atoms with Crippen molar-refractivity contribution < 1.29 is 4.79 Å². The van der Waals surface area contributed by atoms with Crippen molar-refractivity contribution in [2.24, 2.45) is 5.73 Å². The van der Waals surface area contributed by atoms with Gasteiger partial charge >= 0.3 is 0 Å². The van der Waals surface area contributed by atoms with Gasteiger partial charge in [0.05, 0.1) is 0 Å². The number of carbonyl (C=O) groups is 1. The lowest BCUT2D eigenvalue weighted by Gasteiger charge is -1.99. The number of allylic oxidation sites excluding steroid dienone is 1. The van der Waals surface area contributed by atoms with Crippen molar-refractivity contribution in [2.75, 3.05) is 0 Å². The van der Waals surface area contributed by atoms with E-state index >= 15 is 0 Å². The highest BCUT2D eigenvalue weighted by Crippen LogP contribution is 2.06. The van der Waals surface area contributed by atoms with Gasteiger partial charge in [-0.2, -0.15) is 0 Å². The summed E-state index contributed by atoms with van der Waals surface area (Å²) in [6, 6.07) is 9.98. The van der Waals surface area contributed by atoms with Crippen LogP contribution in [0.15, 0.2) is 42.0 Å². The first-order valence-electron chi connectivity index (χ1n) is 4.19. The highest BCUT2D eigenvalue weighted by atomic mass is 16.1. The average molecular weight is 175 g/mol. The molecule has 13 heavy (non-hydrogen) atoms. The van der Waals surface area contributed by atoms with Gasteiger partial charge in [-0.05, 0) is 18.9 Å². The van der Waals surface area contributed by atoms with Gasteiger partial charge in [0.15, 0.2) is 0 Å². The summed E-state index contributed by atoms with van der Waals surface area (Å²) in [5, 5.41) is 0. The fourth-order valence-electron chi connectivity index (χ4n) is 1.21. The molecule has 1 aromatic carbocycles. The number of benzene rings is 1. The van der Waals surface area contributed by atoms with E-state index in [-0.39, 0.29) is 5.91 Å². The first-order chi connectivity index (χ1) is 6.18. The van der Waals surface area contributed by atoms with Crippen molar-refractivity contribution >= 4 is 5.91 Å². The van der Waals surface area contributed by atoms with E-state index in [2.05, 4.69) is 0 Å². The fourth-order valence-corrected chi connectivity index (χ4v) is 1.21. The number of amides is 1. The minimum absolute atomic E-state index is 0.381. The number of carbonyl (C=O) groups excluding carboxylic acids is 1. The molecule has 0 saturated carbocycles. The van der Waals surface area contributed by atoms with E-state index in [1.165, 1.54) is 11.6 Å².